The summed E-state index contributed by atoms with van der Waals surface area (Å²) in [5.41, 5.74) is 1.64. The second-order valence-electron chi connectivity index (χ2n) is 3.24. The van der Waals surface area contributed by atoms with Crippen molar-refractivity contribution in [3.63, 3.8) is 0 Å². The zero-order chi connectivity index (χ0) is 11.7. The second kappa shape index (κ2) is 4.09. The molecule has 16 heavy (non-hydrogen) atoms. The monoisotopic (exact) mass is 280 g/mol. The van der Waals surface area contributed by atoms with Gasteiger partial charge >= 0.3 is 5.97 Å². The molecule has 4 nitrogen and oxygen atoms in total. The lowest BCUT2D eigenvalue weighted by atomic mass is 10.4. The van der Waals surface area contributed by atoms with Crippen molar-refractivity contribution in [2.24, 2.45) is 0 Å². The lowest BCUT2D eigenvalue weighted by molar-refractivity contribution is 0.0685. The Labute approximate surface area is 100 Å². The Balaban J connectivity index is 2.85. The minimum Gasteiger partial charge on any atom is -0.477 e. The third-order valence-corrected chi connectivity index (χ3v) is 3.03. The predicted molar refractivity (Wildman–Crippen MR) is 64.6 cm³/mol. The highest BCUT2D eigenvalue weighted by atomic mass is 79.9. The Kier molecular flexibility index (Phi) is 2.78. The van der Waals surface area contributed by atoms with Crippen molar-refractivity contribution in [2.75, 3.05) is 0 Å². The van der Waals surface area contributed by atoms with Crippen molar-refractivity contribution in [2.45, 2.75) is 6.54 Å². The number of rotatable bonds is 3. The molecule has 0 aromatic carbocycles. The van der Waals surface area contributed by atoms with Crippen LogP contribution >= 0.6 is 15.9 Å². The molecule has 0 saturated carbocycles. The number of carbonyl (C=O) groups is 1. The lowest BCUT2D eigenvalue weighted by Crippen LogP contribution is -2.07. The van der Waals surface area contributed by atoms with Crippen LogP contribution in [-0.4, -0.2) is 20.6 Å². The van der Waals surface area contributed by atoms with Crippen LogP contribution in [-0.2, 0) is 6.54 Å². The van der Waals surface area contributed by atoms with E-state index < -0.39 is 5.97 Å². The molecule has 0 aliphatic heterocycles. The Morgan fingerprint density at radius 2 is 2.44 bits per heavy atom. The fourth-order valence-electron chi connectivity index (χ4n) is 1.66. The predicted octanol–water partition coefficient (Wildman–Crippen LogP) is 2.68. The van der Waals surface area contributed by atoms with E-state index in [1.54, 1.807) is 22.9 Å². The molecule has 0 amide bonds. The van der Waals surface area contributed by atoms with Crippen LogP contribution in [0.25, 0.3) is 11.0 Å². The maximum absolute atomic E-state index is 11.2. The van der Waals surface area contributed by atoms with E-state index in [-0.39, 0.29) is 5.69 Å². The summed E-state index contributed by atoms with van der Waals surface area (Å²) in [6.45, 7) is 4.06. The SMILES string of the molecule is C=CCn1c(C(=O)O)c(Br)c2ncccc21. The summed E-state index contributed by atoms with van der Waals surface area (Å²) in [7, 11) is 0. The van der Waals surface area contributed by atoms with Gasteiger partial charge in [0.2, 0.25) is 0 Å². The molecule has 2 aromatic heterocycles. The largest absolute Gasteiger partial charge is 0.477 e. The van der Waals surface area contributed by atoms with Gasteiger partial charge in [0.1, 0.15) is 11.2 Å². The molecule has 82 valence electrons. The summed E-state index contributed by atoms with van der Waals surface area (Å²) < 4.78 is 2.18. The minimum atomic E-state index is -0.980. The zero-order valence-electron chi connectivity index (χ0n) is 8.35. The summed E-state index contributed by atoms with van der Waals surface area (Å²) in [4.78, 5) is 15.3. The van der Waals surface area contributed by atoms with Gasteiger partial charge in [0.05, 0.1) is 9.99 Å². The van der Waals surface area contributed by atoms with Crippen LogP contribution in [0.5, 0.6) is 0 Å². The number of aromatic carboxylic acids is 1. The number of carboxylic acid groups (broad SMARTS) is 1. The molecular weight excluding hydrogens is 272 g/mol. The quantitative estimate of drug-likeness (QED) is 0.880. The van der Waals surface area contributed by atoms with Crippen LogP contribution in [0, 0.1) is 0 Å². The van der Waals surface area contributed by atoms with E-state index in [0.717, 1.165) is 5.52 Å². The van der Waals surface area contributed by atoms with Gasteiger partial charge in [-0.25, -0.2) is 4.79 Å². The van der Waals surface area contributed by atoms with E-state index in [1.807, 2.05) is 6.07 Å². The molecule has 0 aliphatic rings. The number of nitrogens with zero attached hydrogens (tertiary/aromatic N) is 2. The minimum absolute atomic E-state index is 0.202. The number of carboxylic acids is 1. The van der Waals surface area contributed by atoms with E-state index in [1.165, 1.54) is 0 Å². The normalized spacial score (nSPS) is 10.6. The maximum Gasteiger partial charge on any atom is 0.353 e. The van der Waals surface area contributed by atoms with Crippen molar-refractivity contribution < 1.29 is 9.90 Å². The molecule has 0 fully saturated rings. The Bertz CT molecular complexity index is 575. The van der Waals surface area contributed by atoms with Crippen molar-refractivity contribution in [3.8, 4) is 0 Å². The molecule has 0 saturated heterocycles. The molecule has 2 aromatic rings. The van der Waals surface area contributed by atoms with Crippen molar-refractivity contribution in [3.05, 3.63) is 41.2 Å². The first-order chi connectivity index (χ1) is 7.66. The molecule has 0 unspecified atom stereocenters. The van der Waals surface area contributed by atoms with Crippen LogP contribution in [0.3, 0.4) is 0 Å². The molecule has 0 atom stereocenters. The molecule has 0 radical (unpaired) electrons. The lowest BCUT2D eigenvalue weighted by Gasteiger charge is -2.03. The molecule has 2 rings (SSSR count). The van der Waals surface area contributed by atoms with Crippen LogP contribution in [0.15, 0.2) is 35.5 Å². The van der Waals surface area contributed by atoms with Gasteiger partial charge in [-0.2, -0.15) is 0 Å². The Hall–Kier alpha value is -1.62. The number of hydrogen-bond donors (Lipinski definition) is 1. The highest BCUT2D eigenvalue weighted by Gasteiger charge is 2.20. The fourth-order valence-corrected chi connectivity index (χ4v) is 2.35. The van der Waals surface area contributed by atoms with Gasteiger partial charge in [-0.05, 0) is 28.1 Å². The van der Waals surface area contributed by atoms with E-state index in [4.69, 9.17) is 5.11 Å². The first kappa shape index (κ1) is 10.9. The summed E-state index contributed by atoms with van der Waals surface area (Å²) in [6.07, 6.45) is 3.29. The number of allylic oxidation sites excluding steroid dienone is 1. The fraction of sp³-hybridized carbons (Fsp3) is 0.0909. The van der Waals surface area contributed by atoms with Gasteiger partial charge in [0.25, 0.3) is 0 Å². The van der Waals surface area contributed by atoms with E-state index in [9.17, 15) is 4.79 Å². The van der Waals surface area contributed by atoms with Gasteiger partial charge < -0.3 is 9.67 Å². The van der Waals surface area contributed by atoms with Crippen molar-refractivity contribution in [1.29, 1.82) is 0 Å². The Morgan fingerprint density at radius 1 is 1.69 bits per heavy atom. The molecule has 0 bridgehead atoms. The number of aromatic nitrogens is 2. The first-order valence-corrected chi connectivity index (χ1v) is 5.43. The van der Waals surface area contributed by atoms with Gasteiger partial charge in [-0.15, -0.1) is 6.58 Å². The Morgan fingerprint density at radius 3 is 3.06 bits per heavy atom. The molecule has 5 heteroatoms. The summed E-state index contributed by atoms with van der Waals surface area (Å²) in [5, 5.41) is 9.16. The maximum atomic E-state index is 11.2. The topological polar surface area (TPSA) is 55.1 Å². The van der Waals surface area contributed by atoms with Crippen molar-refractivity contribution in [1.82, 2.24) is 9.55 Å². The first-order valence-electron chi connectivity index (χ1n) is 4.63. The highest BCUT2D eigenvalue weighted by Crippen LogP contribution is 2.29. The number of hydrogen-bond acceptors (Lipinski definition) is 2. The summed E-state index contributed by atoms with van der Waals surface area (Å²) in [5.74, 6) is -0.980. The third kappa shape index (κ3) is 1.53. The average molecular weight is 281 g/mol. The standard InChI is InChI=1S/C11H9BrN2O2/c1-2-6-14-7-4-3-5-13-9(7)8(12)10(14)11(15)16/h2-5H,1,6H2,(H,15,16). The van der Waals surface area contributed by atoms with E-state index in [2.05, 4.69) is 27.5 Å². The molecule has 2 heterocycles. The van der Waals surface area contributed by atoms with Gasteiger partial charge in [-0.3, -0.25) is 4.98 Å². The van der Waals surface area contributed by atoms with Crippen LogP contribution in [0.1, 0.15) is 10.5 Å². The summed E-state index contributed by atoms with van der Waals surface area (Å²) in [6, 6.07) is 3.61. The molecule has 1 N–H and O–H groups in total. The summed E-state index contributed by atoms with van der Waals surface area (Å²) >= 11 is 3.27. The van der Waals surface area contributed by atoms with Gasteiger partial charge in [0, 0.05) is 12.7 Å². The van der Waals surface area contributed by atoms with Gasteiger partial charge in [-0.1, -0.05) is 6.08 Å². The van der Waals surface area contributed by atoms with Crippen LogP contribution < -0.4 is 0 Å². The number of pyridine rings is 1. The molecule has 0 aliphatic carbocycles. The zero-order valence-corrected chi connectivity index (χ0v) is 9.94. The smallest absolute Gasteiger partial charge is 0.353 e. The van der Waals surface area contributed by atoms with Gasteiger partial charge in [0.15, 0.2) is 0 Å². The number of fused-ring (bicyclic) bond motifs is 1. The third-order valence-electron chi connectivity index (χ3n) is 2.28. The van der Waals surface area contributed by atoms with Crippen LogP contribution in [0.2, 0.25) is 0 Å². The van der Waals surface area contributed by atoms with E-state index in [0.29, 0.717) is 16.5 Å². The molecule has 0 spiro atoms. The highest BCUT2D eigenvalue weighted by molar-refractivity contribution is 9.10. The van der Waals surface area contributed by atoms with E-state index >= 15 is 0 Å². The van der Waals surface area contributed by atoms with Crippen molar-refractivity contribution >= 4 is 32.9 Å². The second-order valence-corrected chi connectivity index (χ2v) is 4.03. The average Bonchev–Trinajstić information content (AvgIpc) is 2.54. The molecular formula is C11H9BrN2O2. The van der Waals surface area contributed by atoms with Crippen LogP contribution in [0.4, 0.5) is 0 Å². The number of halogens is 1.